The fourth-order valence-electron chi connectivity index (χ4n) is 2.40. The zero-order chi connectivity index (χ0) is 18.8. The van der Waals surface area contributed by atoms with Gasteiger partial charge in [0.05, 0.1) is 26.6 Å². The normalized spacial score (nSPS) is 10.2. The summed E-state index contributed by atoms with van der Waals surface area (Å²) in [5.41, 5.74) is 1.00. The lowest BCUT2D eigenvalue weighted by Gasteiger charge is -2.22. The van der Waals surface area contributed by atoms with Crippen LogP contribution in [0.3, 0.4) is 0 Å². The zero-order valence-corrected chi connectivity index (χ0v) is 15.4. The molecule has 0 aliphatic heterocycles. The first-order valence-electron chi connectivity index (χ1n) is 8.35. The van der Waals surface area contributed by atoms with Gasteiger partial charge in [-0.25, -0.2) is 0 Å². The van der Waals surface area contributed by atoms with Crippen LogP contribution in [0.2, 0.25) is 5.02 Å². The van der Waals surface area contributed by atoms with E-state index in [0.717, 1.165) is 5.56 Å². The quantitative estimate of drug-likeness (QED) is 0.627. The van der Waals surface area contributed by atoms with Gasteiger partial charge in [0.2, 0.25) is 5.91 Å². The smallest absolute Gasteiger partial charge is 0.307 e. The van der Waals surface area contributed by atoms with Crippen molar-refractivity contribution in [1.29, 1.82) is 0 Å². The molecule has 0 unspecified atom stereocenters. The van der Waals surface area contributed by atoms with Crippen molar-refractivity contribution in [3.8, 4) is 5.75 Å². The highest BCUT2D eigenvalue weighted by atomic mass is 35.5. The summed E-state index contributed by atoms with van der Waals surface area (Å²) in [7, 11) is 1.34. The van der Waals surface area contributed by atoms with E-state index in [1.807, 2.05) is 30.3 Å². The van der Waals surface area contributed by atoms with Crippen LogP contribution in [0.5, 0.6) is 5.75 Å². The summed E-state index contributed by atoms with van der Waals surface area (Å²) in [5, 5.41) is 0.581. The van der Waals surface area contributed by atoms with Gasteiger partial charge in [0, 0.05) is 18.1 Å². The number of amides is 1. The third-order valence-corrected chi connectivity index (χ3v) is 4.00. The third kappa shape index (κ3) is 6.76. The Morgan fingerprint density at radius 3 is 2.50 bits per heavy atom. The Morgan fingerprint density at radius 2 is 1.81 bits per heavy atom. The molecule has 2 aromatic rings. The highest BCUT2D eigenvalue weighted by Gasteiger charge is 2.16. The standard InChI is InChI=1S/C20H22ClNO4/c1-25-20(24)10-12-22(15-16-6-3-2-4-7-16)19(23)11-13-26-18-9-5-8-17(21)14-18/h2-9,14H,10-13,15H2,1H3. The lowest BCUT2D eigenvalue weighted by atomic mass is 10.2. The molecule has 0 N–H and O–H groups in total. The summed E-state index contributed by atoms with van der Waals surface area (Å²) in [6, 6.07) is 16.7. The third-order valence-electron chi connectivity index (χ3n) is 3.76. The lowest BCUT2D eigenvalue weighted by Crippen LogP contribution is -2.33. The van der Waals surface area contributed by atoms with Crippen LogP contribution in [-0.4, -0.2) is 37.0 Å². The molecule has 0 aliphatic carbocycles. The van der Waals surface area contributed by atoms with Crippen LogP contribution < -0.4 is 4.74 Å². The maximum atomic E-state index is 12.6. The van der Waals surface area contributed by atoms with Crippen molar-refractivity contribution in [2.24, 2.45) is 0 Å². The topological polar surface area (TPSA) is 55.8 Å². The summed E-state index contributed by atoms with van der Waals surface area (Å²) in [6.45, 7) is 0.980. The number of esters is 1. The molecular formula is C20H22ClNO4. The fraction of sp³-hybridized carbons (Fsp3) is 0.300. The average molecular weight is 376 g/mol. The maximum Gasteiger partial charge on any atom is 0.307 e. The van der Waals surface area contributed by atoms with E-state index in [1.54, 1.807) is 29.2 Å². The minimum Gasteiger partial charge on any atom is -0.493 e. The number of carbonyl (C=O) groups is 2. The molecule has 0 spiro atoms. The number of nitrogens with zero attached hydrogens (tertiary/aromatic N) is 1. The van der Waals surface area contributed by atoms with E-state index in [9.17, 15) is 9.59 Å². The van der Waals surface area contributed by atoms with E-state index < -0.39 is 0 Å². The van der Waals surface area contributed by atoms with Crippen molar-refractivity contribution in [2.45, 2.75) is 19.4 Å². The average Bonchev–Trinajstić information content (AvgIpc) is 2.65. The summed E-state index contributed by atoms with van der Waals surface area (Å²) in [5.74, 6) is 0.195. The predicted octanol–water partition coefficient (Wildman–Crippen LogP) is 3.70. The van der Waals surface area contributed by atoms with Crippen LogP contribution in [0.25, 0.3) is 0 Å². The number of halogens is 1. The van der Waals surface area contributed by atoms with Gasteiger partial charge in [-0.15, -0.1) is 0 Å². The van der Waals surface area contributed by atoms with Crippen molar-refractivity contribution < 1.29 is 19.1 Å². The molecule has 1 amide bonds. The number of carbonyl (C=O) groups excluding carboxylic acids is 2. The van der Waals surface area contributed by atoms with Crippen LogP contribution in [0.15, 0.2) is 54.6 Å². The summed E-state index contributed by atoms with van der Waals surface area (Å²) in [4.78, 5) is 25.6. The first-order chi connectivity index (χ1) is 12.6. The van der Waals surface area contributed by atoms with Crippen molar-refractivity contribution in [3.63, 3.8) is 0 Å². The molecule has 5 nitrogen and oxygen atoms in total. The van der Waals surface area contributed by atoms with E-state index >= 15 is 0 Å². The SMILES string of the molecule is COC(=O)CCN(Cc1ccccc1)C(=O)CCOc1cccc(Cl)c1. The molecule has 0 aromatic heterocycles. The molecule has 26 heavy (non-hydrogen) atoms. The number of ether oxygens (including phenoxy) is 2. The molecule has 0 aliphatic rings. The first kappa shape index (κ1) is 19.8. The van der Waals surface area contributed by atoms with Crippen LogP contribution >= 0.6 is 11.6 Å². The molecule has 0 atom stereocenters. The highest BCUT2D eigenvalue weighted by Crippen LogP contribution is 2.17. The summed E-state index contributed by atoms with van der Waals surface area (Å²) >= 11 is 5.91. The Hall–Kier alpha value is -2.53. The van der Waals surface area contributed by atoms with Crippen LogP contribution in [-0.2, 0) is 20.9 Å². The number of hydrogen-bond acceptors (Lipinski definition) is 4. The molecular weight excluding hydrogens is 354 g/mol. The van der Waals surface area contributed by atoms with Gasteiger partial charge in [0.25, 0.3) is 0 Å². The Balaban J connectivity index is 1.91. The molecule has 0 saturated heterocycles. The second kappa shape index (κ2) is 10.5. The molecule has 138 valence electrons. The predicted molar refractivity (Wildman–Crippen MR) is 100 cm³/mol. The van der Waals surface area contributed by atoms with E-state index in [4.69, 9.17) is 16.3 Å². The highest BCUT2D eigenvalue weighted by molar-refractivity contribution is 6.30. The van der Waals surface area contributed by atoms with Crippen LogP contribution in [0.1, 0.15) is 18.4 Å². The molecule has 0 heterocycles. The fourth-order valence-corrected chi connectivity index (χ4v) is 2.58. The molecule has 0 saturated carbocycles. The molecule has 2 rings (SSSR count). The lowest BCUT2D eigenvalue weighted by molar-refractivity contribution is -0.142. The maximum absolute atomic E-state index is 12.6. The van der Waals surface area contributed by atoms with Gasteiger partial charge in [-0.3, -0.25) is 9.59 Å². The van der Waals surface area contributed by atoms with Crippen molar-refractivity contribution >= 4 is 23.5 Å². The monoisotopic (exact) mass is 375 g/mol. The first-order valence-corrected chi connectivity index (χ1v) is 8.73. The van der Waals surface area contributed by atoms with E-state index in [0.29, 0.717) is 23.9 Å². The molecule has 2 aromatic carbocycles. The second-order valence-electron chi connectivity index (χ2n) is 5.68. The van der Waals surface area contributed by atoms with E-state index in [-0.39, 0.29) is 31.3 Å². The van der Waals surface area contributed by atoms with Crippen LogP contribution in [0, 0.1) is 0 Å². The number of rotatable bonds is 9. The largest absolute Gasteiger partial charge is 0.493 e. The minimum absolute atomic E-state index is 0.0835. The van der Waals surface area contributed by atoms with E-state index in [1.165, 1.54) is 7.11 Å². The Morgan fingerprint density at radius 1 is 1.04 bits per heavy atom. The van der Waals surface area contributed by atoms with Gasteiger partial charge in [-0.2, -0.15) is 0 Å². The van der Waals surface area contributed by atoms with Gasteiger partial charge in [-0.05, 0) is 23.8 Å². The van der Waals surface area contributed by atoms with Crippen molar-refractivity contribution in [1.82, 2.24) is 4.90 Å². The second-order valence-corrected chi connectivity index (χ2v) is 6.12. The van der Waals surface area contributed by atoms with Crippen molar-refractivity contribution in [2.75, 3.05) is 20.3 Å². The number of hydrogen-bond donors (Lipinski definition) is 0. The number of methoxy groups -OCH3 is 1. The van der Waals surface area contributed by atoms with E-state index in [2.05, 4.69) is 4.74 Å². The minimum atomic E-state index is -0.342. The molecule has 6 heteroatoms. The van der Waals surface area contributed by atoms with Gasteiger partial charge in [0.1, 0.15) is 5.75 Å². The Labute approximate surface area is 158 Å². The Kier molecular flexibility index (Phi) is 7.96. The molecule has 0 fully saturated rings. The van der Waals surface area contributed by atoms with Gasteiger partial charge in [0.15, 0.2) is 0 Å². The zero-order valence-electron chi connectivity index (χ0n) is 14.7. The van der Waals surface area contributed by atoms with Crippen molar-refractivity contribution in [3.05, 3.63) is 65.2 Å². The molecule has 0 radical (unpaired) electrons. The van der Waals surface area contributed by atoms with Gasteiger partial charge >= 0.3 is 5.97 Å². The summed E-state index contributed by atoms with van der Waals surface area (Å²) in [6.07, 6.45) is 0.366. The molecule has 0 bridgehead atoms. The Bertz CT molecular complexity index is 721. The summed E-state index contributed by atoms with van der Waals surface area (Å²) < 4.78 is 10.2. The van der Waals surface area contributed by atoms with Gasteiger partial charge in [-0.1, -0.05) is 48.0 Å². The van der Waals surface area contributed by atoms with Gasteiger partial charge < -0.3 is 14.4 Å². The number of benzene rings is 2. The van der Waals surface area contributed by atoms with Crippen LogP contribution in [0.4, 0.5) is 0 Å².